The maximum absolute atomic E-state index is 13.6. The highest BCUT2D eigenvalue weighted by atomic mass is 19.4. The normalized spacial score (nSPS) is 16.5. The average molecular weight is 506 g/mol. The van der Waals surface area contributed by atoms with Crippen LogP contribution in [0.2, 0.25) is 0 Å². The molecule has 0 saturated heterocycles. The Morgan fingerprint density at radius 3 is 1.53 bits per heavy atom. The molecule has 17 heteroatoms. The lowest BCUT2D eigenvalue weighted by atomic mass is 9.93. The summed E-state index contributed by atoms with van der Waals surface area (Å²) in [5.41, 5.74) is 0. The number of hydrogen-bond acceptors (Lipinski definition) is 3. The molecule has 0 rings (SSSR count). The summed E-state index contributed by atoms with van der Waals surface area (Å²) in [4.78, 5) is 22.4. The molecule has 0 aromatic carbocycles. The molecule has 0 radical (unpaired) electrons. The lowest BCUT2D eigenvalue weighted by molar-refractivity contribution is -0.441. The molecular weight excluding hydrogens is 491 g/mol. The third-order valence-corrected chi connectivity index (χ3v) is 4.28. The van der Waals surface area contributed by atoms with E-state index in [2.05, 4.69) is 4.74 Å². The van der Waals surface area contributed by atoms with Gasteiger partial charge in [-0.05, 0) is 12.8 Å². The van der Waals surface area contributed by atoms with Gasteiger partial charge >= 0.3 is 47.7 Å². The molecule has 0 bridgehead atoms. The molecule has 0 fully saturated rings. The van der Waals surface area contributed by atoms with Crippen LogP contribution in [0.5, 0.6) is 0 Å². The molecule has 0 aliphatic rings. The lowest BCUT2D eigenvalue weighted by Gasteiger charge is -2.39. The van der Waals surface area contributed by atoms with Crippen molar-refractivity contribution in [3.8, 4) is 0 Å². The fraction of sp³-hybridized carbons (Fsp3) is 0.867. The van der Waals surface area contributed by atoms with Gasteiger partial charge in [0.05, 0.1) is 11.8 Å². The van der Waals surface area contributed by atoms with Gasteiger partial charge < -0.3 is 9.84 Å². The highest BCUT2D eigenvalue weighted by molar-refractivity contribution is 5.74. The number of carbonyl (C=O) groups is 2. The van der Waals surface area contributed by atoms with Crippen molar-refractivity contribution in [1.82, 2.24) is 0 Å². The predicted octanol–water partition coefficient (Wildman–Crippen LogP) is 5.41. The third-order valence-electron chi connectivity index (χ3n) is 4.28. The van der Waals surface area contributed by atoms with E-state index in [1.54, 1.807) is 0 Å². The lowest BCUT2D eigenvalue weighted by Crippen LogP contribution is -2.70. The van der Waals surface area contributed by atoms with Crippen LogP contribution < -0.4 is 0 Å². The van der Waals surface area contributed by atoms with Gasteiger partial charge in [-0.2, -0.15) is 57.1 Å². The van der Waals surface area contributed by atoms with E-state index in [9.17, 15) is 66.7 Å². The Bertz CT molecular complexity index is 687. The Morgan fingerprint density at radius 2 is 1.19 bits per heavy atom. The number of halogens is 13. The number of rotatable bonds is 11. The van der Waals surface area contributed by atoms with E-state index in [4.69, 9.17) is 5.11 Å². The molecule has 32 heavy (non-hydrogen) atoms. The quantitative estimate of drug-likeness (QED) is 0.301. The topological polar surface area (TPSA) is 63.6 Å². The number of ether oxygens (including phenoxy) is 1. The third kappa shape index (κ3) is 5.15. The molecule has 0 aromatic rings. The van der Waals surface area contributed by atoms with E-state index in [0.29, 0.717) is 0 Å². The molecule has 0 heterocycles. The highest BCUT2D eigenvalue weighted by Crippen LogP contribution is 2.60. The summed E-state index contributed by atoms with van der Waals surface area (Å²) < 4.78 is 172. The second kappa shape index (κ2) is 9.11. The molecule has 0 spiro atoms. The maximum Gasteiger partial charge on any atom is 0.460 e. The average Bonchev–Trinajstić information content (AvgIpc) is 2.62. The van der Waals surface area contributed by atoms with E-state index in [-0.39, 0.29) is 6.42 Å². The maximum atomic E-state index is 13.6. The summed E-state index contributed by atoms with van der Waals surface area (Å²) in [5, 5.41) is 8.70. The molecule has 2 unspecified atom stereocenters. The van der Waals surface area contributed by atoms with E-state index < -0.39 is 72.6 Å². The van der Waals surface area contributed by atoms with Crippen LogP contribution in [0.4, 0.5) is 57.1 Å². The first-order chi connectivity index (χ1) is 13.9. The second-order valence-corrected chi connectivity index (χ2v) is 6.69. The monoisotopic (exact) mass is 506 g/mol. The first-order valence-electron chi connectivity index (χ1n) is 8.27. The minimum Gasteiger partial charge on any atom is -0.481 e. The van der Waals surface area contributed by atoms with Crippen molar-refractivity contribution in [3.63, 3.8) is 0 Å². The van der Waals surface area contributed by atoms with Gasteiger partial charge in [0, 0.05) is 0 Å². The van der Waals surface area contributed by atoms with Crippen molar-refractivity contribution in [2.75, 3.05) is 6.61 Å². The largest absolute Gasteiger partial charge is 0.481 e. The molecule has 0 aliphatic carbocycles. The SMILES string of the molecule is CCC(CC(C)C(=O)O)C(=O)OCC(F)(F)C(F)(F)C(F)(F)C(F)(F)C(F)(F)C(F)(F)F. The summed E-state index contributed by atoms with van der Waals surface area (Å²) in [5.74, 6) is -44.2. The van der Waals surface area contributed by atoms with Crippen LogP contribution in [0.25, 0.3) is 0 Å². The molecule has 4 nitrogen and oxygen atoms in total. The number of carboxylic acid groups (broad SMARTS) is 1. The summed E-state index contributed by atoms with van der Waals surface area (Å²) in [7, 11) is 0. The Balaban J connectivity index is 5.81. The van der Waals surface area contributed by atoms with E-state index in [1.165, 1.54) is 6.92 Å². The smallest absolute Gasteiger partial charge is 0.460 e. The van der Waals surface area contributed by atoms with Gasteiger partial charge in [-0.15, -0.1) is 0 Å². The zero-order valence-electron chi connectivity index (χ0n) is 15.9. The number of aliphatic carboxylic acids is 1. The van der Waals surface area contributed by atoms with Crippen molar-refractivity contribution in [1.29, 1.82) is 0 Å². The zero-order valence-corrected chi connectivity index (χ0v) is 15.9. The standard InChI is InChI=1S/C15H15F13O4/c1-3-7(4-6(2)8(29)30)9(31)32-5-10(16,17)11(18,19)12(20,21)13(22,23)14(24,25)15(26,27)28/h6-7H,3-5H2,1-2H3,(H,29,30). The van der Waals surface area contributed by atoms with Crippen molar-refractivity contribution in [2.45, 2.75) is 62.5 Å². The zero-order chi connectivity index (χ0) is 26.1. The first-order valence-corrected chi connectivity index (χ1v) is 8.27. The summed E-state index contributed by atoms with van der Waals surface area (Å²) in [6.45, 7) is -0.911. The fourth-order valence-corrected chi connectivity index (χ4v) is 2.13. The minimum atomic E-state index is -8.04. The Hall–Kier alpha value is -1.97. The van der Waals surface area contributed by atoms with E-state index in [1.807, 2.05) is 0 Å². The Morgan fingerprint density at radius 1 is 0.781 bits per heavy atom. The van der Waals surface area contributed by atoms with Gasteiger partial charge in [-0.1, -0.05) is 13.8 Å². The number of carboxylic acids is 1. The molecule has 2 atom stereocenters. The van der Waals surface area contributed by atoms with Crippen LogP contribution in [-0.2, 0) is 14.3 Å². The van der Waals surface area contributed by atoms with Gasteiger partial charge in [0.15, 0.2) is 6.61 Å². The fourth-order valence-electron chi connectivity index (χ4n) is 2.13. The number of esters is 1. The molecule has 1 N–H and O–H groups in total. The first kappa shape index (κ1) is 30.0. The van der Waals surface area contributed by atoms with Crippen molar-refractivity contribution in [3.05, 3.63) is 0 Å². The van der Waals surface area contributed by atoms with E-state index in [0.717, 1.165) is 6.92 Å². The van der Waals surface area contributed by atoms with Crippen LogP contribution in [0.3, 0.4) is 0 Å². The molecule has 0 amide bonds. The van der Waals surface area contributed by atoms with Gasteiger partial charge in [-0.25, -0.2) is 0 Å². The van der Waals surface area contributed by atoms with Crippen LogP contribution in [-0.4, -0.2) is 59.4 Å². The van der Waals surface area contributed by atoms with Gasteiger partial charge in [0.1, 0.15) is 0 Å². The predicted molar refractivity (Wildman–Crippen MR) is 76.9 cm³/mol. The molecular formula is C15H15F13O4. The Labute approximate surface area is 170 Å². The molecule has 0 aliphatic heterocycles. The van der Waals surface area contributed by atoms with Crippen LogP contribution >= 0.6 is 0 Å². The van der Waals surface area contributed by atoms with Gasteiger partial charge in [0.25, 0.3) is 0 Å². The van der Waals surface area contributed by atoms with Crippen molar-refractivity contribution in [2.24, 2.45) is 11.8 Å². The van der Waals surface area contributed by atoms with Crippen LogP contribution in [0.15, 0.2) is 0 Å². The van der Waals surface area contributed by atoms with Crippen molar-refractivity contribution >= 4 is 11.9 Å². The summed E-state index contributed by atoms with van der Waals surface area (Å²) in [6.07, 6.45) is -8.48. The van der Waals surface area contributed by atoms with Crippen molar-refractivity contribution < 1.29 is 76.5 Å². The highest BCUT2D eigenvalue weighted by Gasteiger charge is 2.90. The molecule has 0 aromatic heterocycles. The second-order valence-electron chi connectivity index (χ2n) is 6.69. The van der Waals surface area contributed by atoms with E-state index >= 15 is 0 Å². The molecule has 190 valence electrons. The summed E-state index contributed by atoms with van der Waals surface area (Å²) >= 11 is 0. The molecule has 0 saturated carbocycles. The van der Waals surface area contributed by atoms with Crippen LogP contribution in [0.1, 0.15) is 26.7 Å². The minimum absolute atomic E-state index is 0.343. The number of carbonyl (C=O) groups excluding carboxylic acids is 1. The summed E-state index contributed by atoms with van der Waals surface area (Å²) in [6, 6.07) is 0. The van der Waals surface area contributed by atoms with Gasteiger partial charge in [0.2, 0.25) is 0 Å². The van der Waals surface area contributed by atoms with Crippen LogP contribution in [0, 0.1) is 11.8 Å². The van der Waals surface area contributed by atoms with Gasteiger partial charge in [-0.3, -0.25) is 9.59 Å². The Kier molecular flexibility index (Phi) is 8.55. The number of hydrogen-bond donors (Lipinski definition) is 1. The number of alkyl halides is 13.